The molecule has 0 amide bonds. The standard InChI is InChI=1S/C7H10BrNOS.ClH/c8-5-1-7(11-4-5)2-6(9)3-10;/h1,4,6,10H,2-3,9H2;1H. The summed E-state index contributed by atoms with van der Waals surface area (Å²) in [4.78, 5) is 1.21. The highest BCUT2D eigenvalue weighted by atomic mass is 79.9. The zero-order valence-electron chi connectivity index (χ0n) is 6.37. The molecule has 12 heavy (non-hydrogen) atoms. The van der Waals surface area contributed by atoms with E-state index in [4.69, 9.17) is 10.8 Å². The van der Waals surface area contributed by atoms with E-state index in [9.17, 15) is 0 Å². The maximum absolute atomic E-state index is 8.67. The molecule has 5 heteroatoms. The van der Waals surface area contributed by atoms with Crippen molar-refractivity contribution in [3.05, 3.63) is 20.8 Å². The van der Waals surface area contributed by atoms with Crippen molar-refractivity contribution in [2.75, 3.05) is 6.61 Å². The van der Waals surface area contributed by atoms with Gasteiger partial charge in [-0.25, -0.2) is 0 Å². The van der Waals surface area contributed by atoms with Crippen LogP contribution >= 0.6 is 39.7 Å². The van der Waals surface area contributed by atoms with Crippen molar-refractivity contribution in [3.8, 4) is 0 Å². The first-order valence-electron chi connectivity index (χ1n) is 3.31. The molecule has 1 rings (SSSR count). The SMILES string of the molecule is Cl.NC(CO)Cc1cc(Br)cs1. The second kappa shape index (κ2) is 5.94. The highest BCUT2D eigenvalue weighted by Gasteiger charge is 2.03. The number of halogens is 2. The third-order valence-corrected chi connectivity index (χ3v) is 3.04. The van der Waals surface area contributed by atoms with E-state index in [1.165, 1.54) is 4.88 Å². The molecule has 1 aromatic rings. The molecule has 1 heterocycles. The number of nitrogens with two attached hydrogens (primary N) is 1. The van der Waals surface area contributed by atoms with E-state index in [2.05, 4.69) is 15.9 Å². The number of aliphatic hydroxyl groups is 1. The summed E-state index contributed by atoms with van der Waals surface area (Å²) in [5, 5.41) is 10.7. The summed E-state index contributed by atoms with van der Waals surface area (Å²) in [5.74, 6) is 0. The molecular formula is C7H11BrClNOS. The number of aliphatic hydroxyl groups excluding tert-OH is 1. The lowest BCUT2D eigenvalue weighted by molar-refractivity contribution is 0.265. The second-order valence-electron chi connectivity index (χ2n) is 2.38. The lowest BCUT2D eigenvalue weighted by Crippen LogP contribution is -2.26. The summed E-state index contributed by atoms with van der Waals surface area (Å²) < 4.78 is 1.09. The van der Waals surface area contributed by atoms with Gasteiger partial charge in [-0.2, -0.15) is 0 Å². The Bertz CT molecular complexity index is 231. The summed E-state index contributed by atoms with van der Waals surface area (Å²) >= 11 is 5.01. The van der Waals surface area contributed by atoms with E-state index in [0.29, 0.717) is 0 Å². The highest BCUT2D eigenvalue weighted by molar-refractivity contribution is 9.10. The lowest BCUT2D eigenvalue weighted by Gasteiger charge is -2.03. The molecular weight excluding hydrogens is 262 g/mol. The van der Waals surface area contributed by atoms with Gasteiger partial charge in [0.15, 0.2) is 0 Å². The zero-order valence-corrected chi connectivity index (χ0v) is 9.58. The average Bonchev–Trinajstić information content (AvgIpc) is 2.35. The van der Waals surface area contributed by atoms with Gasteiger partial charge in [0.2, 0.25) is 0 Å². The third kappa shape index (κ3) is 3.87. The molecule has 0 saturated heterocycles. The molecule has 0 aliphatic rings. The van der Waals surface area contributed by atoms with Crippen molar-refractivity contribution in [2.45, 2.75) is 12.5 Å². The van der Waals surface area contributed by atoms with Crippen molar-refractivity contribution in [1.29, 1.82) is 0 Å². The van der Waals surface area contributed by atoms with E-state index in [0.717, 1.165) is 10.9 Å². The average molecular weight is 273 g/mol. The van der Waals surface area contributed by atoms with Crippen LogP contribution < -0.4 is 5.73 Å². The largest absolute Gasteiger partial charge is 0.395 e. The fourth-order valence-corrected chi connectivity index (χ4v) is 2.33. The summed E-state index contributed by atoms with van der Waals surface area (Å²) in [5.41, 5.74) is 5.56. The fraction of sp³-hybridized carbons (Fsp3) is 0.429. The smallest absolute Gasteiger partial charge is 0.0586 e. The Hall–Kier alpha value is 0.390. The van der Waals surface area contributed by atoms with Crippen LogP contribution in [0.5, 0.6) is 0 Å². The van der Waals surface area contributed by atoms with Crippen LogP contribution in [0.1, 0.15) is 4.88 Å². The summed E-state index contributed by atoms with van der Waals surface area (Å²) in [6.45, 7) is 0.0511. The van der Waals surface area contributed by atoms with Gasteiger partial charge in [-0.15, -0.1) is 23.7 Å². The summed E-state index contributed by atoms with van der Waals surface area (Å²) in [7, 11) is 0. The maximum atomic E-state index is 8.67. The molecule has 0 aliphatic carbocycles. The summed E-state index contributed by atoms with van der Waals surface area (Å²) in [6.07, 6.45) is 0.757. The Balaban J connectivity index is 0.00000121. The van der Waals surface area contributed by atoms with Crippen LogP contribution in [0.15, 0.2) is 15.9 Å². The Labute approximate surface area is 90.3 Å². The second-order valence-corrected chi connectivity index (χ2v) is 4.29. The quantitative estimate of drug-likeness (QED) is 0.881. The first-order chi connectivity index (χ1) is 5.22. The first kappa shape index (κ1) is 12.4. The van der Waals surface area contributed by atoms with Crippen LogP contribution in [0.3, 0.4) is 0 Å². The molecule has 0 spiro atoms. The molecule has 1 aromatic heterocycles. The Morgan fingerprint density at radius 2 is 2.33 bits per heavy atom. The summed E-state index contributed by atoms with van der Waals surface area (Å²) in [6, 6.07) is 1.90. The van der Waals surface area contributed by atoms with Crippen molar-refractivity contribution in [2.24, 2.45) is 5.73 Å². The van der Waals surface area contributed by atoms with Crippen LogP contribution in [-0.4, -0.2) is 17.8 Å². The van der Waals surface area contributed by atoms with Gasteiger partial charge in [0.05, 0.1) is 6.61 Å². The van der Waals surface area contributed by atoms with E-state index < -0.39 is 0 Å². The van der Waals surface area contributed by atoms with Crippen LogP contribution in [-0.2, 0) is 6.42 Å². The van der Waals surface area contributed by atoms with Gasteiger partial charge in [0.25, 0.3) is 0 Å². The number of hydrogen-bond donors (Lipinski definition) is 2. The molecule has 0 bridgehead atoms. The number of thiophene rings is 1. The van der Waals surface area contributed by atoms with Gasteiger partial charge >= 0.3 is 0 Å². The third-order valence-electron chi connectivity index (χ3n) is 1.32. The predicted molar refractivity (Wildman–Crippen MR) is 58.0 cm³/mol. The minimum absolute atomic E-state index is 0. The Kier molecular flexibility index (Phi) is 6.13. The molecule has 1 atom stereocenters. The van der Waals surface area contributed by atoms with Crippen molar-refractivity contribution >= 4 is 39.7 Å². The predicted octanol–water partition coefficient (Wildman–Crippen LogP) is 1.79. The van der Waals surface area contributed by atoms with Gasteiger partial charge in [0.1, 0.15) is 0 Å². The number of rotatable bonds is 3. The Morgan fingerprint density at radius 3 is 2.75 bits per heavy atom. The van der Waals surface area contributed by atoms with Crippen LogP contribution in [0.4, 0.5) is 0 Å². The lowest BCUT2D eigenvalue weighted by atomic mass is 10.2. The molecule has 0 fully saturated rings. The molecule has 70 valence electrons. The fourth-order valence-electron chi connectivity index (χ4n) is 0.784. The minimum Gasteiger partial charge on any atom is -0.395 e. The molecule has 2 nitrogen and oxygen atoms in total. The van der Waals surface area contributed by atoms with Gasteiger partial charge in [-0.05, 0) is 28.4 Å². The zero-order chi connectivity index (χ0) is 8.27. The van der Waals surface area contributed by atoms with E-state index in [1.54, 1.807) is 11.3 Å². The minimum atomic E-state index is -0.124. The van der Waals surface area contributed by atoms with Gasteiger partial charge in [0, 0.05) is 20.8 Å². The molecule has 0 aromatic carbocycles. The van der Waals surface area contributed by atoms with Crippen molar-refractivity contribution in [1.82, 2.24) is 0 Å². The molecule has 0 saturated carbocycles. The topological polar surface area (TPSA) is 46.2 Å². The van der Waals surface area contributed by atoms with Crippen LogP contribution in [0.25, 0.3) is 0 Å². The van der Waals surface area contributed by atoms with E-state index >= 15 is 0 Å². The Morgan fingerprint density at radius 1 is 1.67 bits per heavy atom. The van der Waals surface area contributed by atoms with Crippen LogP contribution in [0.2, 0.25) is 0 Å². The highest BCUT2D eigenvalue weighted by Crippen LogP contribution is 2.20. The normalized spacial score (nSPS) is 12.2. The molecule has 1 unspecified atom stereocenters. The van der Waals surface area contributed by atoms with Crippen molar-refractivity contribution < 1.29 is 5.11 Å². The number of hydrogen-bond acceptors (Lipinski definition) is 3. The van der Waals surface area contributed by atoms with E-state index in [1.807, 2.05) is 11.4 Å². The van der Waals surface area contributed by atoms with Gasteiger partial charge in [-0.1, -0.05) is 0 Å². The van der Waals surface area contributed by atoms with Gasteiger partial charge < -0.3 is 10.8 Å². The molecule has 3 N–H and O–H groups in total. The maximum Gasteiger partial charge on any atom is 0.0586 e. The van der Waals surface area contributed by atoms with Crippen molar-refractivity contribution in [3.63, 3.8) is 0 Å². The monoisotopic (exact) mass is 271 g/mol. The molecule has 0 aliphatic heterocycles. The van der Waals surface area contributed by atoms with Crippen LogP contribution in [0, 0.1) is 0 Å². The first-order valence-corrected chi connectivity index (χ1v) is 4.99. The molecule has 0 radical (unpaired) electrons. The van der Waals surface area contributed by atoms with Gasteiger partial charge in [-0.3, -0.25) is 0 Å². The van der Waals surface area contributed by atoms with E-state index in [-0.39, 0.29) is 25.1 Å².